The third-order valence-corrected chi connectivity index (χ3v) is 7.46. The highest BCUT2D eigenvalue weighted by molar-refractivity contribution is 7.89. The number of primary sulfonamides is 1. The molecule has 150 valence electrons. The quantitative estimate of drug-likeness (QED) is 0.624. The van der Waals surface area contributed by atoms with Gasteiger partial charge in [-0.05, 0) is 30.8 Å². The highest BCUT2D eigenvalue weighted by atomic mass is 32.2. The molecule has 2 heterocycles. The number of carbonyl (C=O) groups is 1. The molecule has 0 spiro atoms. The van der Waals surface area contributed by atoms with Gasteiger partial charge in [0.15, 0.2) is 0 Å². The number of hydrazine groups is 1. The molecule has 1 saturated heterocycles. The number of nitrogens with two attached hydrogens (primary N) is 2. The third-order valence-electron chi connectivity index (χ3n) is 6.51. The van der Waals surface area contributed by atoms with Gasteiger partial charge in [-0.3, -0.25) is 9.80 Å². The van der Waals surface area contributed by atoms with Crippen molar-refractivity contribution in [1.82, 2.24) is 10.4 Å². The molecule has 5 N–H and O–H groups in total. The number of amides is 1. The van der Waals surface area contributed by atoms with Crippen molar-refractivity contribution in [2.45, 2.75) is 37.3 Å². The first-order chi connectivity index (χ1) is 13.4. The summed E-state index contributed by atoms with van der Waals surface area (Å²) in [6.07, 6.45) is 11.7. The average molecular weight is 404 g/mol. The van der Waals surface area contributed by atoms with Crippen molar-refractivity contribution in [1.29, 1.82) is 0 Å². The summed E-state index contributed by atoms with van der Waals surface area (Å²) in [6.45, 7) is 0.626. The summed E-state index contributed by atoms with van der Waals surface area (Å²) in [4.78, 5) is 12.5. The molecule has 2 aliphatic heterocycles. The molecule has 5 atom stereocenters. The van der Waals surface area contributed by atoms with Crippen LogP contribution in [0.5, 0.6) is 0 Å². The highest BCUT2D eigenvalue weighted by Crippen LogP contribution is 2.53. The molecule has 9 heteroatoms. The molecule has 0 aromatic rings. The minimum Gasteiger partial charge on any atom is -0.366 e. The molecule has 1 amide bonds. The highest BCUT2D eigenvalue weighted by Gasteiger charge is 2.51. The van der Waals surface area contributed by atoms with E-state index in [1.807, 2.05) is 11.1 Å². The number of nitrogens with one attached hydrogen (secondary N) is 1. The normalized spacial score (nSPS) is 36.8. The van der Waals surface area contributed by atoms with Gasteiger partial charge in [0.25, 0.3) is 0 Å². The Bertz CT molecular complexity index is 964. The van der Waals surface area contributed by atoms with Crippen LogP contribution in [0.15, 0.2) is 46.7 Å². The van der Waals surface area contributed by atoms with Gasteiger partial charge in [-0.2, -0.15) is 0 Å². The predicted octanol–water partition coefficient (Wildman–Crippen LogP) is 0.376. The number of rotatable bonds is 3. The Morgan fingerprint density at radius 2 is 2.14 bits per heavy atom. The standard InChI is InChI=1S/C19H24N4O4S/c20-18(24)16-17(23-14(7-8-22-23)27-19(16)28(21,25)26)15-12-5-1-3-10(12)9-11-4-2-6-13(11)15/h1,3,5,9,12-15,19,22H,2,4,6-8H2,(H2,20,24)(H2,21,25,26). The summed E-state index contributed by atoms with van der Waals surface area (Å²) in [6, 6.07) is 0. The van der Waals surface area contributed by atoms with E-state index in [-0.39, 0.29) is 23.3 Å². The van der Waals surface area contributed by atoms with Gasteiger partial charge in [-0.1, -0.05) is 29.9 Å². The molecule has 0 bridgehead atoms. The number of sulfonamides is 1. The van der Waals surface area contributed by atoms with E-state index in [4.69, 9.17) is 15.6 Å². The van der Waals surface area contributed by atoms with Gasteiger partial charge >= 0.3 is 0 Å². The van der Waals surface area contributed by atoms with Gasteiger partial charge in [-0.15, -0.1) is 0 Å². The molecule has 0 aromatic carbocycles. The van der Waals surface area contributed by atoms with E-state index in [0.717, 1.165) is 19.3 Å². The lowest BCUT2D eigenvalue weighted by Gasteiger charge is -2.45. The van der Waals surface area contributed by atoms with Gasteiger partial charge in [-0.25, -0.2) is 19.0 Å². The summed E-state index contributed by atoms with van der Waals surface area (Å²) in [5.41, 5.74) is 10.6. The Hall–Kier alpha value is -1.94. The Labute approximate surface area is 164 Å². The number of nitrogens with zero attached hydrogens (tertiary/aromatic N) is 1. The molecular weight excluding hydrogens is 380 g/mol. The van der Waals surface area contributed by atoms with Crippen LogP contribution < -0.4 is 16.3 Å². The zero-order valence-electron chi connectivity index (χ0n) is 15.4. The first-order valence-electron chi connectivity index (χ1n) is 9.69. The van der Waals surface area contributed by atoms with Crippen molar-refractivity contribution in [3.8, 4) is 0 Å². The zero-order valence-corrected chi connectivity index (χ0v) is 16.2. The van der Waals surface area contributed by atoms with Crippen LogP contribution in [-0.4, -0.2) is 37.5 Å². The molecule has 3 aliphatic carbocycles. The van der Waals surface area contributed by atoms with E-state index in [1.165, 1.54) is 11.1 Å². The first-order valence-corrected chi connectivity index (χ1v) is 11.3. The van der Waals surface area contributed by atoms with E-state index in [1.54, 1.807) is 0 Å². The van der Waals surface area contributed by atoms with Crippen molar-refractivity contribution in [2.24, 2.45) is 28.6 Å². The SMILES string of the molecule is NC(=O)C1=C(C2C3C=CC=C3C=C3CCCC32)N2NCCC2OC1S(N)(=O)=O. The van der Waals surface area contributed by atoms with Crippen LogP contribution in [0, 0.1) is 17.8 Å². The van der Waals surface area contributed by atoms with Crippen LogP contribution in [0.25, 0.3) is 0 Å². The smallest absolute Gasteiger partial charge is 0.250 e. The van der Waals surface area contributed by atoms with E-state index >= 15 is 0 Å². The third kappa shape index (κ3) is 2.61. The Morgan fingerprint density at radius 3 is 2.89 bits per heavy atom. The number of hydrogen-bond acceptors (Lipinski definition) is 6. The number of fused-ring (bicyclic) bond motifs is 3. The van der Waals surface area contributed by atoms with Crippen LogP contribution in [0.3, 0.4) is 0 Å². The minimum atomic E-state index is -4.16. The Kier molecular flexibility index (Phi) is 4.06. The van der Waals surface area contributed by atoms with Gasteiger partial charge in [0.2, 0.25) is 21.4 Å². The molecule has 0 aromatic heterocycles. The molecule has 0 radical (unpaired) electrons. The molecule has 5 aliphatic rings. The lowest BCUT2D eigenvalue weighted by molar-refractivity contribution is -0.119. The first kappa shape index (κ1) is 18.1. The second kappa shape index (κ2) is 6.28. The number of carbonyl (C=O) groups excluding carboxylic acids is 1. The predicted molar refractivity (Wildman–Crippen MR) is 102 cm³/mol. The maximum atomic E-state index is 12.5. The van der Waals surface area contributed by atoms with Gasteiger partial charge < -0.3 is 10.5 Å². The van der Waals surface area contributed by atoms with Crippen LogP contribution in [0.2, 0.25) is 0 Å². The maximum Gasteiger partial charge on any atom is 0.250 e. The molecule has 2 fully saturated rings. The number of hydrogen-bond donors (Lipinski definition) is 3. The molecule has 8 nitrogen and oxygen atoms in total. The number of ether oxygens (including phenoxy) is 1. The van der Waals surface area contributed by atoms with Crippen molar-refractivity contribution in [2.75, 3.05) is 6.54 Å². The Morgan fingerprint density at radius 1 is 1.32 bits per heavy atom. The lowest BCUT2D eigenvalue weighted by Crippen LogP contribution is -2.54. The summed E-state index contributed by atoms with van der Waals surface area (Å²) in [7, 11) is -4.16. The zero-order chi connectivity index (χ0) is 19.6. The molecule has 1 saturated carbocycles. The number of allylic oxidation sites excluding steroid dienone is 7. The fourth-order valence-corrected chi connectivity index (χ4v) is 6.33. The minimum absolute atomic E-state index is 0.0362. The van der Waals surface area contributed by atoms with Crippen LogP contribution in [-0.2, 0) is 19.6 Å². The molecule has 5 rings (SSSR count). The molecule has 28 heavy (non-hydrogen) atoms. The van der Waals surface area contributed by atoms with E-state index in [0.29, 0.717) is 18.7 Å². The van der Waals surface area contributed by atoms with Gasteiger partial charge in [0.1, 0.15) is 6.23 Å². The van der Waals surface area contributed by atoms with Crippen LogP contribution in [0.1, 0.15) is 25.7 Å². The summed E-state index contributed by atoms with van der Waals surface area (Å²) >= 11 is 0. The topological polar surface area (TPSA) is 128 Å². The van der Waals surface area contributed by atoms with Crippen LogP contribution in [0.4, 0.5) is 0 Å². The van der Waals surface area contributed by atoms with E-state index < -0.39 is 27.6 Å². The number of primary amides is 1. The van der Waals surface area contributed by atoms with Crippen molar-refractivity contribution in [3.63, 3.8) is 0 Å². The largest absolute Gasteiger partial charge is 0.366 e. The Balaban J connectivity index is 1.74. The monoisotopic (exact) mass is 404 g/mol. The fraction of sp³-hybridized carbons (Fsp3) is 0.526. The molecule has 5 unspecified atom stereocenters. The average Bonchev–Trinajstić information content (AvgIpc) is 3.36. The van der Waals surface area contributed by atoms with Crippen molar-refractivity contribution in [3.05, 3.63) is 46.7 Å². The second-order valence-electron chi connectivity index (χ2n) is 8.06. The fourth-order valence-electron chi connectivity index (χ4n) is 5.49. The lowest BCUT2D eigenvalue weighted by atomic mass is 9.69. The summed E-state index contributed by atoms with van der Waals surface area (Å²) < 4.78 is 30.4. The summed E-state index contributed by atoms with van der Waals surface area (Å²) in [5, 5.41) is 7.29. The molecular formula is C19H24N4O4S. The van der Waals surface area contributed by atoms with Crippen LogP contribution >= 0.6 is 0 Å². The van der Waals surface area contributed by atoms with Crippen molar-refractivity contribution < 1.29 is 17.9 Å². The van der Waals surface area contributed by atoms with E-state index in [2.05, 4.69) is 23.7 Å². The van der Waals surface area contributed by atoms with E-state index in [9.17, 15) is 13.2 Å². The summed E-state index contributed by atoms with van der Waals surface area (Å²) in [5.74, 6) is -0.547. The second-order valence-corrected chi connectivity index (χ2v) is 9.67. The van der Waals surface area contributed by atoms with Gasteiger partial charge in [0.05, 0.1) is 5.57 Å². The van der Waals surface area contributed by atoms with Gasteiger partial charge in [0, 0.05) is 30.5 Å². The maximum absolute atomic E-state index is 12.5. The van der Waals surface area contributed by atoms with Crippen molar-refractivity contribution >= 4 is 15.9 Å².